The minimum Gasteiger partial charge on any atom is -0.493 e. The topological polar surface area (TPSA) is 41.9 Å². The fourth-order valence-corrected chi connectivity index (χ4v) is 2.66. The summed E-state index contributed by atoms with van der Waals surface area (Å²) < 4.78 is 10.9. The summed E-state index contributed by atoms with van der Waals surface area (Å²) in [4.78, 5) is 2.05. The maximum absolute atomic E-state index is 10.8. The summed E-state index contributed by atoms with van der Waals surface area (Å²) in [7, 11) is 7.17. The first-order valence-electron chi connectivity index (χ1n) is 7.86. The maximum atomic E-state index is 10.8. The highest BCUT2D eigenvalue weighted by atomic mass is 16.5. The molecule has 0 amide bonds. The monoisotopic (exact) mass is 327 g/mol. The molecule has 2 rings (SSSR count). The van der Waals surface area contributed by atoms with Crippen LogP contribution < -0.4 is 9.47 Å². The van der Waals surface area contributed by atoms with Crippen LogP contribution in [0.15, 0.2) is 48.5 Å². The number of hydrogen-bond acceptors (Lipinski definition) is 4. The van der Waals surface area contributed by atoms with Crippen LogP contribution in [0.4, 0.5) is 0 Å². The van der Waals surface area contributed by atoms with Crippen molar-refractivity contribution < 1.29 is 14.6 Å². The fraction of sp³-hybridized carbons (Fsp3) is 0.300. The first kappa shape index (κ1) is 18.0. The Bertz CT molecular complexity index is 681. The zero-order valence-electron chi connectivity index (χ0n) is 14.7. The van der Waals surface area contributed by atoms with Crippen LogP contribution in [0.25, 0.3) is 6.08 Å². The van der Waals surface area contributed by atoms with Gasteiger partial charge in [0.2, 0.25) is 0 Å². The van der Waals surface area contributed by atoms with Gasteiger partial charge in [-0.15, -0.1) is 0 Å². The van der Waals surface area contributed by atoms with E-state index in [-0.39, 0.29) is 0 Å². The van der Waals surface area contributed by atoms with E-state index in [2.05, 4.69) is 4.90 Å². The highest BCUT2D eigenvalue weighted by Crippen LogP contribution is 2.38. The maximum Gasteiger partial charge on any atom is 0.167 e. The van der Waals surface area contributed by atoms with Crippen LogP contribution >= 0.6 is 0 Å². The number of aliphatic hydroxyl groups is 1. The molecule has 0 aromatic heterocycles. The average molecular weight is 327 g/mol. The molecule has 0 aliphatic carbocycles. The number of ether oxygens (including phenoxy) is 2. The van der Waals surface area contributed by atoms with Crippen LogP contribution in [0.5, 0.6) is 11.5 Å². The van der Waals surface area contributed by atoms with Gasteiger partial charge < -0.3 is 19.5 Å². The average Bonchev–Trinajstić information content (AvgIpc) is 2.59. The van der Waals surface area contributed by atoms with Gasteiger partial charge in [-0.25, -0.2) is 0 Å². The Balaban J connectivity index is 2.42. The Morgan fingerprint density at radius 2 is 1.75 bits per heavy atom. The van der Waals surface area contributed by atoms with Gasteiger partial charge in [0.25, 0.3) is 0 Å². The summed E-state index contributed by atoms with van der Waals surface area (Å²) in [5.41, 5.74) is 2.77. The summed E-state index contributed by atoms with van der Waals surface area (Å²) in [6.07, 6.45) is 2.89. The third-order valence-electron chi connectivity index (χ3n) is 3.73. The summed E-state index contributed by atoms with van der Waals surface area (Å²) in [5, 5.41) is 10.8. The normalized spacial score (nSPS) is 12.6. The molecular formula is C20H25NO3. The van der Waals surface area contributed by atoms with Crippen molar-refractivity contribution in [3.8, 4) is 11.5 Å². The van der Waals surface area contributed by atoms with Gasteiger partial charge in [0.05, 0.1) is 14.2 Å². The van der Waals surface area contributed by atoms with Crippen molar-refractivity contribution in [1.82, 2.24) is 4.90 Å². The second kappa shape index (κ2) is 8.52. The van der Waals surface area contributed by atoms with Gasteiger partial charge in [-0.1, -0.05) is 48.6 Å². The van der Waals surface area contributed by atoms with Crippen molar-refractivity contribution in [2.75, 3.05) is 28.3 Å². The molecule has 0 radical (unpaired) electrons. The molecule has 2 aromatic carbocycles. The highest BCUT2D eigenvalue weighted by molar-refractivity contribution is 5.56. The fourth-order valence-electron chi connectivity index (χ4n) is 2.66. The van der Waals surface area contributed by atoms with Crippen LogP contribution in [0.2, 0.25) is 0 Å². The lowest BCUT2D eigenvalue weighted by molar-refractivity contribution is 0.218. The van der Waals surface area contributed by atoms with Gasteiger partial charge in [0.1, 0.15) is 6.10 Å². The standard InChI is InChI=1S/C20H25NO3/c1-21(2)14-16-11-13-18(23-3)20(24-4)19(16)17(22)12-10-15-8-6-5-7-9-15/h5-13,17,22H,14H2,1-4H3/b12-10+. The Labute approximate surface area is 143 Å². The summed E-state index contributed by atoms with van der Waals surface area (Å²) in [6.45, 7) is 0.700. The lowest BCUT2D eigenvalue weighted by Gasteiger charge is -2.21. The van der Waals surface area contributed by atoms with Crippen molar-refractivity contribution in [2.24, 2.45) is 0 Å². The van der Waals surface area contributed by atoms with Gasteiger partial charge in [0.15, 0.2) is 11.5 Å². The van der Waals surface area contributed by atoms with Crippen LogP contribution in [-0.2, 0) is 6.54 Å². The third kappa shape index (κ3) is 4.37. The largest absolute Gasteiger partial charge is 0.493 e. The zero-order valence-corrected chi connectivity index (χ0v) is 14.7. The SMILES string of the molecule is COc1ccc(CN(C)C)c(C(O)/C=C/c2ccccc2)c1OC. The van der Waals surface area contributed by atoms with Crippen molar-refractivity contribution in [3.05, 3.63) is 65.2 Å². The molecule has 0 aliphatic rings. The molecule has 0 spiro atoms. The zero-order chi connectivity index (χ0) is 17.5. The minimum absolute atomic E-state index is 0.571. The quantitative estimate of drug-likeness (QED) is 0.845. The van der Waals surface area contributed by atoms with E-state index in [0.29, 0.717) is 18.0 Å². The Hall–Kier alpha value is -2.30. The Kier molecular flexibility index (Phi) is 6.41. The lowest BCUT2D eigenvalue weighted by atomic mass is 9.98. The molecule has 1 N–H and O–H groups in total. The van der Waals surface area contributed by atoms with E-state index in [1.54, 1.807) is 20.3 Å². The Morgan fingerprint density at radius 1 is 1.04 bits per heavy atom. The molecule has 0 saturated carbocycles. The van der Waals surface area contributed by atoms with Gasteiger partial charge in [0, 0.05) is 12.1 Å². The number of nitrogens with zero attached hydrogens (tertiary/aromatic N) is 1. The molecule has 4 heteroatoms. The van der Waals surface area contributed by atoms with Crippen LogP contribution in [0.3, 0.4) is 0 Å². The number of rotatable bonds is 7. The van der Waals surface area contributed by atoms with Crippen LogP contribution in [0.1, 0.15) is 22.8 Å². The summed E-state index contributed by atoms with van der Waals surface area (Å²) >= 11 is 0. The molecule has 2 aromatic rings. The van der Waals surface area contributed by atoms with E-state index in [9.17, 15) is 5.11 Å². The van der Waals surface area contributed by atoms with E-state index >= 15 is 0 Å². The van der Waals surface area contributed by atoms with Crippen LogP contribution in [-0.4, -0.2) is 38.3 Å². The Morgan fingerprint density at radius 3 is 2.33 bits per heavy atom. The number of benzene rings is 2. The number of aliphatic hydroxyl groups excluding tert-OH is 1. The second-order valence-electron chi connectivity index (χ2n) is 5.83. The molecule has 4 nitrogen and oxygen atoms in total. The van der Waals surface area contributed by atoms with Gasteiger partial charge in [-0.2, -0.15) is 0 Å². The van der Waals surface area contributed by atoms with Crippen molar-refractivity contribution in [2.45, 2.75) is 12.6 Å². The smallest absolute Gasteiger partial charge is 0.167 e. The highest BCUT2D eigenvalue weighted by Gasteiger charge is 2.20. The first-order valence-corrected chi connectivity index (χ1v) is 7.86. The van der Waals surface area contributed by atoms with Crippen molar-refractivity contribution in [3.63, 3.8) is 0 Å². The predicted octanol–water partition coefficient (Wildman–Crippen LogP) is 3.51. The first-order chi connectivity index (χ1) is 11.6. The third-order valence-corrected chi connectivity index (χ3v) is 3.73. The molecule has 0 heterocycles. The van der Waals surface area contributed by atoms with E-state index in [1.165, 1.54) is 0 Å². The molecule has 0 bridgehead atoms. The second-order valence-corrected chi connectivity index (χ2v) is 5.83. The summed E-state index contributed by atoms with van der Waals surface area (Å²) in [5.74, 6) is 1.18. The molecule has 0 saturated heterocycles. The van der Waals surface area contributed by atoms with Gasteiger partial charge in [-0.05, 0) is 31.3 Å². The van der Waals surface area contributed by atoms with E-state index in [0.717, 1.165) is 16.7 Å². The van der Waals surface area contributed by atoms with Gasteiger partial charge in [-0.3, -0.25) is 0 Å². The summed E-state index contributed by atoms with van der Waals surface area (Å²) in [6, 6.07) is 13.7. The molecular weight excluding hydrogens is 302 g/mol. The molecule has 0 fully saturated rings. The lowest BCUT2D eigenvalue weighted by Crippen LogP contribution is -2.14. The molecule has 1 atom stereocenters. The number of hydrogen-bond donors (Lipinski definition) is 1. The molecule has 0 aliphatic heterocycles. The minimum atomic E-state index is -0.787. The molecule has 1 unspecified atom stereocenters. The van der Waals surface area contributed by atoms with Crippen LogP contribution in [0, 0.1) is 0 Å². The van der Waals surface area contributed by atoms with Crippen molar-refractivity contribution in [1.29, 1.82) is 0 Å². The molecule has 24 heavy (non-hydrogen) atoms. The number of methoxy groups -OCH3 is 2. The van der Waals surface area contributed by atoms with Crippen molar-refractivity contribution >= 4 is 6.08 Å². The van der Waals surface area contributed by atoms with E-state index < -0.39 is 6.10 Å². The molecule has 128 valence electrons. The van der Waals surface area contributed by atoms with E-state index in [1.807, 2.05) is 62.6 Å². The predicted molar refractivity (Wildman–Crippen MR) is 97.4 cm³/mol. The van der Waals surface area contributed by atoms with Gasteiger partial charge >= 0.3 is 0 Å². The van der Waals surface area contributed by atoms with E-state index in [4.69, 9.17) is 9.47 Å².